The quantitative estimate of drug-likeness (QED) is 0.373. The lowest BCUT2D eigenvalue weighted by atomic mass is 9.96. The summed E-state index contributed by atoms with van der Waals surface area (Å²) < 4.78 is 11.7. The predicted octanol–water partition coefficient (Wildman–Crippen LogP) is 3.89. The molecular formula is C29H39N3O5. The van der Waals surface area contributed by atoms with Crippen molar-refractivity contribution in [3.05, 3.63) is 59.7 Å². The van der Waals surface area contributed by atoms with Gasteiger partial charge in [-0.2, -0.15) is 0 Å². The molecule has 2 fully saturated rings. The number of carbonyl (C=O) groups excluding carboxylic acids is 2. The molecule has 0 aromatic heterocycles. The summed E-state index contributed by atoms with van der Waals surface area (Å²) in [6.07, 6.45) is 2.89. The first-order chi connectivity index (χ1) is 17.6. The van der Waals surface area contributed by atoms with Crippen LogP contribution in [-0.4, -0.2) is 70.8 Å². The Hall–Kier alpha value is -3.10. The molecule has 0 saturated carbocycles. The maximum absolute atomic E-state index is 12.2. The Balaban J connectivity index is 1.18. The standard InChI is InChI=1S/C29H39N3O5/c1-22-6-10-25(11-7-22)37-21-29(35)14-4-16-31(18-15-29)20-23-8-12-24(13-9-23)36-19-5-17-32-26(33)28(2,3)30-27(32)34/h6-13,35H,4-5,14-21H2,1-3H3,(H,30,34)/t29-/m0/s1. The van der Waals surface area contributed by atoms with E-state index in [-0.39, 0.29) is 11.9 Å². The maximum atomic E-state index is 12.2. The van der Waals surface area contributed by atoms with Crippen LogP contribution < -0.4 is 14.8 Å². The molecule has 2 heterocycles. The molecule has 0 bridgehead atoms. The Morgan fingerprint density at radius 2 is 1.62 bits per heavy atom. The number of nitrogens with one attached hydrogen (secondary N) is 1. The summed E-state index contributed by atoms with van der Waals surface area (Å²) in [7, 11) is 0. The Labute approximate surface area is 219 Å². The van der Waals surface area contributed by atoms with E-state index >= 15 is 0 Å². The second-order valence-corrected chi connectivity index (χ2v) is 10.8. The van der Waals surface area contributed by atoms with Gasteiger partial charge in [-0.1, -0.05) is 29.8 Å². The topological polar surface area (TPSA) is 91.3 Å². The first-order valence-corrected chi connectivity index (χ1v) is 13.1. The highest BCUT2D eigenvalue weighted by atomic mass is 16.5. The molecule has 0 aliphatic carbocycles. The fourth-order valence-electron chi connectivity index (χ4n) is 4.77. The van der Waals surface area contributed by atoms with Crippen molar-refractivity contribution in [3.8, 4) is 11.5 Å². The number of ether oxygens (including phenoxy) is 2. The minimum Gasteiger partial charge on any atom is -0.494 e. The van der Waals surface area contributed by atoms with Crippen molar-refractivity contribution in [1.82, 2.24) is 15.1 Å². The van der Waals surface area contributed by atoms with Crippen molar-refractivity contribution in [2.75, 3.05) is 32.8 Å². The fraction of sp³-hybridized carbons (Fsp3) is 0.517. The summed E-state index contributed by atoms with van der Waals surface area (Å²) >= 11 is 0. The Morgan fingerprint density at radius 1 is 0.946 bits per heavy atom. The lowest BCUT2D eigenvalue weighted by molar-refractivity contribution is -0.130. The van der Waals surface area contributed by atoms with Crippen LogP contribution in [0.1, 0.15) is 50.7 Å². The van der Waals surface area contributed by atoms with Crippen LogP contribution in [0.2, 0.25) is 0 Å². The fourth-order valence-corrected chi connectivity index (χ4v) is 4.77. The molecule has 200 valence electrons. The van der Waals surface area contributed by atoms with E-state index in [1.165, 1.54) is 16.0 Å². The molecule has 2 aromatic carbocycles. The van der Waals surface area contributed by atoms with Gasteiger partial charge < -0.3 is 19.9 Å². The molecule has 0 radical (unpaired) electrons. The minimum atomic E-state index is -0.838. The van der Waals surface area contributed by atoms with Gasteiger partial charge in [-0.3, -0.25) is 14.6 Å². The molecule has 2 aromatic rings. The van der Waals surface area contributed by atoms with Gasteiger partial charge in [-0.25, -0.2) is 4.79 Å². The molecule has 2 saturated heterocycles. The molecule has 4 rings (SSSR count). The lowest BCUT2D eigenvalue weighted by Crippen LogP contribution is -2.40. The van der Waals surface area contributed by atoms with Crippen LogP contribution in [0.25, 0.3) is 0 Å². The Bertz CT molecular complexity index is 1070. The van der Waals surface area contributed by atoms with E-state index in [4.69, 9.17) is 9.47 Å². The second kappa shape index (κ2) is 11.5. The number of aryl methyl sites for hydroxylation is 1. The van der Waals surface area contributed by atoms with Crippen molar-refractivity contribution in [1.29, 1.82) is 0 Å². The van der Waals surface area contributed by atoms with Crippen LogP contribution in [0.5, 0.6) is 11.5 Å². The van der Waals surface area contributed by atoms with E-state index in [2.05, 4.69) is 22.3 Å². The van der Waals surface area contributed by atoms with Gasteiger partial charge in [0.15, 0.2) is 0 Å². The summed E-state index contributed by atoms with van der Waals surface area (Å²) in [5.74, 6) is 1.36. The average molecular weight is 510 g/mol. The summed E-state index contributed by atoms with van der Waals surface area (Å²) in [5, 5.41) is 13.8. The van der Waals surface area contributed by atoms with Gasteiger partial charge in [-0.05, 0) is 82.8 Å². The number of aliphatic hydroxyl groups is 1. The minimum absolute atomic E-state index is 0.201. The number of rotatable bonds is 10. The zero-order valence-electron chi connectivity index (χ0n) is 22.2. The van der Waals surface area contributed by atoms with Crippen LogP contribution in [0.15, 0.2) is 48.5 Å². The third-order valence-corrected chi connectivity index (χ3v) is 7.11. The monoisotopic (exact) mass is 509 g/mol. The van der Waals surface area contributed by atoms with Crippen LogP contribution in [0.4, 0.5) is 4.79 Å². The Kier molecular flexibility index (Phi) is 8.39. The van der Waals surface area contributed by atoms with Gasteiger partial charge in [0.25, 0.3) is 5.91 Å². The number of nitrogens with zero attached hydrogens (tertiary/aromatic N) is 2. The normalized spacial score (nSPS) is 22.0. The van der Waals surface area contributed by atoms with Gasteiger partial charge >= 0.3 is 6.03 Å². The Morgan fingerprint density at radius 3 is 2.30 bits per heavy atom. The van der Waals surface area contributed by atoms with E-state index in [1.54, 1.807) is 13.8 Å². The second-order valence-electron chi connectivity index (χ2n) is 10.8. The molecule has 0 unspecified atom stereocenters. The highest BCUT2D eigenvalue weighted by molar-refractivity contribution is 6.06. The molecule has 37 heavy (non-hydrogen) atoms. The lowest BCUT2D eigenvalue weighted by Gasteiger charge is -2.27. The summed E-state index contributed by atoms with van der Waals surface area (Å²) in [6.45, 7) is 9.09. The smallest absolute Gasteiger partial charge is 0.325 e. The van der Waals surface area contributed by atoms with Gasteiger partial charge in [0, 0.05) is 19.6 Å². The van der Waals surface area contributed by atoms with Crippen molar-refractivity contribution in [3.63, 3.8) is 0 Å². The van der Waals surface area contributed by atoms with Crippen LogP contribution in [0.3, 0.4) is 0 Å². The van der Waals surface area contributed by atoms with E-state index in [1.807, 2.05) is 43.3 Å². The van der Waals surface area contributed by atoms with Gasteiger partial charge in [-0.15, -0.1) is 0 Å². The van der Waals surface area contributed by atoms with Crippen molar-refractivity contribution >= 4 is 11.9 Å². The number of carbonyl (C=O) groups is 2. The highest BCUT2D eigenvalue weighted by Crippen LogP contribution is 2.25. The van der Waals surface area contributed by atoms with Crippen molar-refractivity contribution in [2.45, 2.75) is 64.1 Å². The van der Waals surface area contributed by atoms with Gasteiger partial charge in [0.1, 0.15) is 23.6 Å². The summed E-state index contributed by atoms with van der Waals surface area (Å²) in [5.41, 5.74) is 0.725. The molecule has 2 aliphatic heterocycles. The average Bonchev–Trinajstić information content (AvgIpc) is 2.97. The summed E-state index contributed by atoms with van der Waals surface area (Å²) in [4.78, 5) is 27.8. The number of hydrogen-bond acceptors (Lipinski definition) is 6. The zero-order chi connectivity index (χ0) is 26.5. The van der Waals surface area contributed by atoms with Crippen molar-refractivity contribution < 1.29 is 24.2 Å². The van der Waals surface area contributed by atoms with Crippen LogP contribution in [-0.2, 0) is 11.3 Å². The van der Waals surface area contributed by atoms with Crippen LogP contribution >= 0.6 is 0 Å². The van der Waals surface area contributed by atoms with E-state index in [0.29, 0.717) is 32.6 Å². The SMILES string of the molecule is Cc1ccc(OC[C@]2(O)CCCN(Cc3ccc(OCCCN4C(=O)NC(C)(C)C4=O)cc3)CC2)cc1. The first-order valence-electron chi connectivity index (χ1n) is 13.1. The molecule has 2 N–H and O–H groups in total. The number of urea groups is 1. The molecule has 0 spiro atoms. The number of imide groups is 1. The number of likely N-dealkylation sites (tertiary alicyclic amines) is 1. The molecule has 3 amide bonds. The van der Waals surface area contributed by atoms with Gasteiger partial charge in [0.2, 0.25) is 0 Å². The van der Waals surface area contributed by atoms with E-state index < -0.39 is 11.1 Å². The number of hydrogen-bond donors (Lipinski definition) is 2. The van der Waals surface area contributed by atoms with Crippen molar-refractivity contribution in [2.24, 2.45) is 0 Å². The third-order valence-electron chi connectivity index (χ3n) is 7.11. The molecule has 1 atom stereocenters. The molecule has 2 aliphatic rings. The number of benzene rings is 2. The first kappa shape index (κ1) is 26.9. The molecule has 8 heteroatoms. The zero-order valence-corrected chi connectivity index (χ0v) is 22.2. The third kappa shape index (κ3) is 7.23. The number of amides is 3. The van der Waals surface area contributed by atoms with E-state index in [9.17, 15) is 14.7 Å². The molecule has 8 nitrogen and oxygen atoms in total. The largest absolute Gasteiger partial charge is 0.494 e. The maximum Gasteiger partial charge on any atom is 0.325 e. The summed E-state index contributed by atoms with van der Waals surface area (Å²) in [6, 6.07) is 15.6. The highest BCUT2D eigenvalue weighted by Gasteiger charge is 2.43. The van der Waals surface area contributed by atoms with E-state index in [0.717, 1.165) is 44.0 Å². The molecular weight excluding hydrogens is 470 g/mol. The van der Waals surface area contributed by atoms with Crippen LogP contribution in [0, 0.1) is 6.92 Å². The van der Waals surface area contributed by atoms with Gasteiger partial charge in [0.05, 0.1) is 12.2 Å². The predicted molar refractivity (Wildman–Crippen MR) is 142 cm³/mol.